The SMILES string of the molecule is COS(=O)(=O)O.Clc1cccc(NN=C2CCCCCN2)c1. The Morgan fingerprint density at radius 3 is 2.73 bits per heavy atom. The molecule has 1 saturated heterocycles. The summed E-state index contributed by atoms with van der Waals surface area (Å²) < 4.78 is 29.7. The van der Waals surface area contributed by atoms with Crippen molar-refractivity contribution < 1.29 is 17.2 Å². The minimum absolute atomic E-state index is 0.721. The number of nitrogens with zero attached hydrogens (tertiary/aromatic N) is 1. The normalized spacial score (nSPS) is 17.0. The minimum atomic E-state index is -4.16. The molecule has 124 valence electrons. The maximum absolute atomic E-state index is 9.33. The van der Waals surface area contributed by atoms with E-state index in [2.05, 4.69) is 20.0 Å². The fourth-order valence-corrected chi connectivity index (χ4v) is 1.89. The first-order valence-corrected chi connectivity index (χ1v) is 8.50. The van der Waals surface area contributed by atoms with Crippen molar-refractivity contribution in [3.63, 3.8) is 0 Å². The third-order valence-electron chi connectivity index (χ3n) is 2.77. The summed E-state index contributed by atoms with van der Waals surface area (Å²) in [6, 6.07) is 7.57. The predicted molar refractivity (Wildman–Crippen MR) is 87.5 cm³/mol. The zero-order valence-corrected chi connectivity index (χ0v) is 13.8. The molecule has 0 unspecified atom stereocenters. The highest BCUT2D eigenvalue weighted by molar-refractivity contribution is 7.80. The van der Waals surface area contributed by atoms with Gasteiger partial charge in [0.2, 0.25) is 0 Å². The molecule has 7 nitrogen and oxygen atoms in total. The molecule has 22 heavy (non-hydrogen) atoms. The van der Waals surface area contributed by atoms with Crippen LogP contribution in [0.2, 0.25) is 5.02 Å². The highest BCUT2D eigenvalue weighted by Crippen LogP contribution is 2.15. The zero-order valence-electron chi connectivity index (χ0n) is 12.3. The molecular formula is C13H20ClN3O4S. The van der Waals surface area contributed by atoms with E-state index in [4.69, 9.17) is 16.2 Å². The van der Waals surface area contributed by atoms with E-state index in [0.29, 0.717) is 0 Å². The van der Waals surface area contributed by atoms with Crippen molar-refractivity contribution in [2.75, 3.05) is 19.1 Å². The van der Waals surface area contributed by atoms with Gasteiger partial charge in [0.1, 0.15) is 5.84 Å². The Kier molecular flexibility index (Phi) is 8.18. The molecule has 0 spiro atoms. The summed E-state index contributed by atoms with van der Waals surface area (Å²) in [5.74, 6) is 1.04. The molecule has 1 fully saturated rings. The number of amidine groups is 1. The van der Waals surface area contributed by atoms with E-state index in [1.165, 1.54) is 19.3 Å². The summed E-state index contributed by atoms with van der Waals surface area (Å²) in [5.41, 5.74) is 3.95. The van der Waals surface area contributed by atoms with Crippen LogP contribution in [0, 0.1) is 0 Å². The molecular weight excluding hydrogens is 330 g/mol. The first-order chi connectivity index (χ1) is 10.4. The van der Waals surface area contributed by atoms with Crippen molar-refractivity contribution in [1.29, 1.82) is 0 Å². The molecule has 1 aromatic carbocycles. The second-order valence-electron chi connectivity index (χ2n) is 4.51. The van der Waals surface area contributed by atoms with E-state index in [-0.39, 0.29) is 0 Å². The molecule has 1 aliphatic heterocycles. The summed E-state index contributed by atoms with van der Waals surface area (Å²) in [5, 5.41) is 8.39. The van der Waals surface area contributed by atoms with Gasteiger partial charge in [0.15, 0.2) is 0 Å². The summed E-state index contributed by atoms with van der Waals surface area (Å²) in [4.78, 5) is 0. The number of hydrazone groups is 1. The Hall–Kier alpha value is -1.35. The molecule has 2 rings (SSSR count). The third kappa shape index (κ3) is 8.83. The van der Waals surface area contributed by atoms with Crippen LogP contribution in [-0.4, -0.2) is 32.5 Å². The maximum atomic E-state index is 9.33. The van der Waals surface area contributed by atoms with Crippen LogP contribution >= 0.6 is 11.6 Å². The van der Waals surface area contributed by atoms with Crippen molar-refractivity contribution >= 4 is 33.5 Å². The Balaban J connectivity index is 0.000000346. The fourth-order valence-electron chi connectivity index (χ4n) is 1.70. The molecule has 0 bridgehead atoms. The van der Waals surface area contributed by atoms with Gasteiger partial charge in [0.05, 0.1) is 12.8 Å². The number of hydrogen-bond acceptors (Lipinski definition) is 5. The van der Waals surface area contributed by atoms with Crippen molar-refractivity contribution in [3.05, 3.63) is 29.3 Å². The second-order valence-corrected chi connectivity index (χ2v) is 6.14. The molecule has 1 aromatic rings. The van der Waals surface area contributed by atoms with Crippen molar-refractivity contribution in [2.24, 2.45) is 5.10 Å². The van der Waals surface area contributed by atoms with Gasteiger partial charge in [-0.15, -0.1) is 0 Å². The summed E-state index contributed by atoms with van der Waals surface area (Å²) >= 11 is 5.89. The highest BCUT2D eigenvalue weighted by atomic mass is 35.5. The molecule has 0 saturated carbocycles. The van der Waals surface area contributed by atoms with Crippen LogP contribution in [0.4, 0.5) is 5.69 Å². The van der Waals surface area contributed by atoms with Crippen LogP contribution in [0.1, 0.15) is 25.7 Å². The quantitative estimate of drug-likeness (QED) is 0.573. The van der Waals surface area contributed by atoms with E-state index in [1.54, 1.807) is 0 Å². The van der Waals surface area contributed by atoms with Crippen molar-refractivity contribution in [3.8, 4) is 0 Å². The van der Waals surface area contributed by atoms with Gasteiger partial charge in [0, 0.05) is 18.0 Å². The lowest BCUT2D eigenvalue weighted by Gasteiger charge is -2.06. The van der Waals surface area contributed by atoms with E-state index >= 15 is 0 Å². The molecule has 0 aromatic heterocycles. The number of anilines is 1. The Bertz CT molecular complexity index is 583. The van der Waals surface area contributed by atoms with Crippen molar-refractivity contribution in [2.45, 2.75) is 25.7 Å². The first kappa shape index (κ1) is 18.7. The van der Waals surface area contributed by atoms with Crippen LogP contribution in [0.25, 0.3) is 0 Å². The number of rotatable bonds is 3. The largest absolute Gasteiger partial charge is 0.397 e. The Morgan fingerprint density at radius 1 is 1.36 bits per heavy atom. The van der Waals surface area contributed by atoms with Gasteiger partial charge >= 0.3 is 10.4 Å². The average molecular weight is 350 g/mol. The van der Waals surface area contributed by atoms with E-state index < -0.39 is 10.4 Å². The Labute approximate surface area is 135 Å². The van der Waals surface area contributed by atoms with Gasteiger partial charge in [0.25, 0.3) is 0 Å². The molecule has 0 amide bonds. The smallest absolute Gasteiger partial charge is 0.372 e. The standard InChI is InChI=1S/C12H16ClN3.CH4O4S/c13-10-5-4-6-11(9-10)15-16-12-7-2-1-3-8-14-12;1-5-6(2,3)4/h4-6,9,15H,1-3,7-8H2,(H,14,16);1H3,(H,2,3,4). The molecule has 0 atom stereocenters. The van der Waals surface area contributed by atoms with Crippen LogP contribution in [0.15, 0.2) is 29.4 Å². The van der Waals surface area contributed by atoms with Gasteiger partial charge in [-0.1, -0.05) is 24.1 Å². The van der Waals surface area contributed by atoms with Gasteiger partial charge in [-0.3, -0.25) is 14.2 Å². The summed E-state index contributed by atoms with van der Waals surface area (Å²) in [6.07, 6.45) is 4.75. The predicted octanol–water partition coefficient (Wildman–Crippen LogP) is 2.66. The topological polar surface area (TPSA) is 100 Å². The summed E-state index contributed by atoms with van der Waals surface area (Å²) in [7, 11) is -3.29. The molecule has 9 heteroatoms. The lowest BCUT2D eigenvalue weighted by Crippen LogP contribution is -2.23. The number of nitrogens with one attached hydrogen (secondary N) is 2. The third-order valence-corrected chi connectivity index (χ3v) is 3.43. The van der Waals surface area contributed by atoms with E-state index in [9.17, 15) is 8.42 Å². The molecule has 1 aliphatic rings. The minimum Gasteiger partial charge on any atom is -0.372 e. The van der Waals surface area contributed by atoms with Crippen LogP contribution in [-0.2, 0) is 14.6 Å². The maximum Gasteiger partial charge on any atom is 0.397 e. The van der Waals surface area contributed by atoms with Crippen molar-refractivity contribution in [1.82, 2.24) is 5.32 Å². The lowest BCUT2D eigenvalue weighted by molar-refractivity contribution is 0.324. The van der Waals surface area contributed by atoms with Crippen LogP contribution in [0.3, 0.4) is 0 Å². The Morgan fingerprint density at radius 2 is 2.09 bits per heavy atom. The lowest BCUT2D eigenvalue weighted by atomic mass is 10.2. The van der Waals surface area contributed by atoms with Crippen LogP contribution < -0.4 is 10.7 Å². The number of halogens is 1. The van der Waals surface area contributed by atoms with E-state index in [1.807, 2.05) is 24.3 Å². The van der Waals surface area contributed by atoms with E-state index in [0.717, 1.165) is 36.6 Å². The van der Waals surface area contributed by atoms with Gasteiger partial charge in [-0.2, -0.15) is 13.5 Å². The second kappa shape index (κ2) is 9.62. The zero-order chi connectivity index (χ0) is 16.4. The molecule has 1 heterocycles. The van der Waals surface area contributed by atoms with Gasteiger partial charge in [-0.05, 0) is 31.0 Å². The number of benzene rings is 1. The average Bonchev–Trinajstić information content (AvgIpc) is 2.74. The molecule has 0 aliphatic carbocycles. The summed E-state index contributed by atoms with van der Waals surface area (Å²) in [6.45, 7) is 1.02. The molecule has 3 N–H and O–H groups in total. The van der Waals surface area contributed by atoms with Crippen LogP contribution in [0.5, 0.6) is 0 Å². The highest BCUT2D eigenvalue weighted by Gasteiger charge is 2.03. The first-order valence-electron chi connectivity index (χ1n) is 6.76. The molecule has 0 radical (unpaired) electrons. The fraction of sp³-hybridized carbons (Fsp3) is 0.462. The number of hydrogen-bond donors (Lipinski definition) is 3. The van der Waals surface area contributed by atoms with Gasteiger partial charge < -0.3 is 5.32 Å². The van der Waals surface area contributed by atoms with Gasteiger partial charge in [-0.25, -0.2) is 0 Å². The monoisotopic (exact) mass is 349 g/mol.